The Morgan fingerprint density at radius 2 is 2.20 bits per heavy atom. The third-order valence-corrected chi connectivity index (χ3v) is 3.87. The van der Waals surface area contributed by atoms with Crippen LogP contribution >= 0.6 is 0 Å². The van der Waals surface area contributed by atoms with Crippen LogP contribution in [0.2, 0.25) is 0 Å². The highest BCUT2D eigenvalue weighted by Gasteiger charge is 2.48. The number of imidazole rings is 1. The number of carbonyl (C=O) groups excluding carboxylic acids is 1. The van der Waals surface area contributed by atoms with E-state index in [0.29, 0.717) is 11.3 Å². The molecule has 1 aliphatic heterocycles. The van der Waals surface area contributed by atoms with Gasteiger partial charge >= 0.3 is 0 Å². The first-order valence-corrected chi connectivity index (χ1v) is 6.23. The van der Waals surface area contributed by atoms with E-state index in [9.17, 15) is 9.18 Å². The maximum Gasteiger partial charge on any atom is 0.188 e. The lowest BCUT2D eigenvalue weighted by molar-refractivity contribution is 0.0839. The molecule has 2 heterocycles. The van der Waals surface area contributed by atoms with Crippen LogP contribution in [0, 0.1) is 22.6 Å². The van der Waals surface area contributed by atoms with Crippen molar-refractivity contribution in [1.82, 2.24) is 9.55 Å². The second kappa shape index (κ2) is 4.01. The molecule has 4 nitrogen and oxygen atoms in total. The van der Waals surface area contributed by atoms with E-state index in [2.05, 4.69) is 4.98 Å². The predicted molar refractivity (Wildman–Crippen MR) is 69.6 cm³/mol. The van der Waals surface area contributed by atoms with Crippen LogP contribution < -0.4 is 0 Å². The third-order valence-electron chi connectivity index (χ3n) is 3.87. The first-order valence-electron chi connectivity index (χ1n) is 6.23. The Balaban J connectivity index is 2.20. The maximum atomic E-state index is 14.3. The van der Waals surface area contributed by atoms with Gasteiger partial charge in [-0.15, -0.1) is 0 Å². The van der Waals surface area contributed by atoms with Gasteiger partial charge in [-0.1, -0.05) is 19.9 Å². The second-order valence-corrected chi connectivity index (χ2v) is 5.49. The number of hydrogen-bond acceptors (Lipinski definition) is 3. The van der Waals surface area contributed by atoms with Gasteiger partial charge in [0.05, 0.1) is 35.6 Å². The van der Waals surface area contributed by atoms with E-state index < -0.39 is 17.3 Å². The van der Waals surface area contributed by atoms with Crippen LogP contribution in [0.4, 0.5) is 4.39 Å². The van der Waals surface area contributed by atoms with Crippen molar-refractivity contribution >= 4 is 5.78 Å². The molecule has 0 spiro atoms. The fraction of sp³-hybridized carbons (Fsp3) is 0.267. The number of aromatic nitrogens is 2. The van der Waals surface area contributed by atoms with Crippen molar-refractivity contribution in [3.05, 3.63) is 53.4 Å². The number of nitrogens with zero attached hydrogens (tertiary/aromatic N) is 3. The van der Waals surface area contributed by atoms with E-state index >= 15 is 0 Å². The second-order valence-electron chi connectivity index (χ2n) is 5.49. The number of Topliss-reactive ketones (excluding diaryl/α,β-unsaturated/α-hetero) is 1. The van der Waals surface area contributed by atoms with Crippen molar-refractivity contribution in [3.63, 3.8) is 0 Å². The maximum absolute atomic E-state index is 14.3. The van der Waals surface area contributed by atoms with Crippen LogP contribution in [0.5, 0.6) is 0 Å². The summed E-state index contributed by atoms with van der Waals surface area (Å²) in [4.78, 5) is 16.3. The molecule has 1 aliphatic rings. The molecule has 0 radical (unpaired) electrons. The summed E-state index contributed by atoms with van der Waals surface area (Å²) in [6, 6.07) is 5.79. The lowest BCUT2D eigenvalue weighted by atomic mass is 9.79. The van der Waals surface area contributed by atoms with Gasteiger partial charge in [0.1, 0.15) is 11.5 Å². The molecule has 2 aromatic rings. The average Bonchev–Trinajstić information content (AvgIpc) is 2.94. The number of halogens is 1. The summed E-state index contributed by atoms with van der Waals surface area (Å²) in [6.45, 7) is 3.59. The van der Waals surface area contributed by atoms with Gasteiger partial charge < -0.3 is 4.57 Å². The molecule has 0 saturated heterocycles. The molecule has 3 rings (SSSR count). The van der Waals surface area contributed by atoms with E-state index in [1.807, 2.05) is 6.07 Å². The van der Waals surface area contributed by atoms with Gasteiger partial charge in [0, 0.05) is 5.56 Å². The summed E-state index contributed by atoms with van der Waals surface area (Å²) in [5, 5.41) is 8.80. The highest BCUT2D eigenvalue weighted by atomic mass is 19.1. The van der Waals surface area contributed by atoms with E-state index in [1.165, 1.54) is 12.3 Å². The Morgan fingerprint density at radius 1 is 1.45 bits per heavy atom. The van der Waals surface area contributed by atoms with Gasteiger partial charge in [-0.05, 0) is 12.1 Å². The van der Waals surface area contributed by atoms with Crippen molar-refractivity contribution in [2.24, 2.45) is 5.41 Å². The van der Waals surface area contributed by atoms with E-state index in [1.54, 1.807) is 36.9 Å². The van der Waals surface area contributed by atoms with Gasteiger partial charge in [-0.2, -0.15) is 5.26 Å². The van der Waals surface area contributed by atoms with Crippen molar-refractivity contribution in [1.29, 1.82) is 5.26 Å². The Hall–Kier alpha value is -2.48. The highest BCUT2D eigenvalue weighted by Crippen LogP contribution is 2.46. The minimum absolute atomic E-state index is 0.0521. The molecule has 0 amide bonds. The van der Waals surface area contributed by atoms with Crippen LogP contribution in [0.3, 0.4) is 0 Å². The highest BCUT2D eigenvalue weighted by molar-refractivity contribution is 6.01. The minimum atomic E-state index is -0.743. The number of carbonyl (C=O) groups is 1. The Labute approximate surface area is 115 Å². The first kappa shape index (κ1) is 12.5. The minimum Gasteiger partial charge on any atom is -0.319 e. The largest absolute Gasteiger partial charge is 0.319 e. The third kappa shape index (κ3) is 1.51. The van der Waals surface area contributed by atoms with E-state index in [4.69, 9.17) is 5.26 Å². The van der Waals surface area contributed by atoms with Crippen LogP contribution in [-0.4, -0.2) is 15.3 Å². The van der Waals surface area contributed by atoms with Crippen LogP contribution in [0.1, 0.15) is 41.5 Å². The lowest BCUT2D eigenvalue weighted by Gasteiger charge is -2.27. The summed E-state index contributed by atoms with van der Waals surface area (Å²) in [7, 11) is 0. The van der Waals surface area contributed by atoms with E-state index in [-0.39, 0.29) is 11.3 Å². The number of benzene rings is 1. The first-order chi connectivity index (χ1) is 9.46. The zero-order valence-corrected chi connectivity index (χ0v) is 11.1. The molecule has 0 aliphatic carbocycles. The molecule has 20 heavy (non-hydrogen) atoms. The van der Waals surface area contributed by atoms with Crippen molar-refractivity contribution < 1.29 is 9.18 Å². The fourth-order valence-electron chi connectivity index (χ4n) is 2.85. The summed E-state index contributed by atoms with van der Waals surface area (Å²) in [5.41, 5.74) is 0.412. The number of fused-ring (bicyclic) bond motifs is 1. The molecule has 0 N–H and O–H groups in total. The molecular weight excluding hydrogens is 257 g/mol. The number of ketones is 1. The summed E-state index contributed by atoms with van der Waals surface area (Å²) in [5.74, 6) is -0.528. The van der Waals surface area contributed by atoms with Crippen molar-refractivity contribution in [3.8, 4) is 6.07 Å². The van der Waals surface area contributed by atoms with E-state index in [0.717, 1.165) is 0 Å². The summed E-state index contributed by atoms with van der Waals surface area (Å²) in [6.07, 6.45) is 3.05. The zero-order chi connectivity index (χ0) is 14.5. The quantitative estimate of drug-likeness (QED) is 0.799. The van der Waals surface area contributed by atoms with Gasteiger partial charge in [0.25, 0.3) is 0 Å². The Kier molecular flexibility index (Phi) is 2.51. The van der Waals surface area contributed by atoms with Crippen LogP contribution in [-0.2, 0) is 0 Å². The summed E-state index contributed by atoms with van der Waals surface area (Å²) >= 11 is 0. The molecule has 0 fully saturated rings. The standard InChI is InChI=1S/C15H12FN3O/c1-15(2)13(19-8-18-7-12(19)14(15)20)10-4-3-9(6-17)5-11(10)16/h3-5,7-8,13H,1-2H3/t13-/m0/s1. The monoisotopic (exact) mass is 269 g/mol. The van der Waals surface area contributed by atoms with Crippen molar-refractivity contribution in [2.75, 3.05) is 0 Å². The number of rotatable bonds is 1. The molecule has 5 heteroatoms. The molecule has 0 unspecified atom stereocenters. The molecule has 0 bridgehead atoms. The number of hydrogen-bond donors (Lipinski definition) is 0. The zero-order valence-electron chi connectivity index (χ0n) is 11.1. The number of nitriles is 1. The van der Waals surface area contributed by atoms with Gasteiger partial charge in [0.2, 0.25) is 0 Å². The smallest absolute Gasteiger partial charge is 0.188 e. The Morgan fingerprint density at radius 3 is 2.85 bits per heavy atom. The SMILES string of the molecule is CC1(C)C(=O)c2cncn2[C@H]1c1ccc(C#N)cc1F. The van der Waals surface area contributed by atoms with Gasteiger partial charge in [-0.3, -0.25) is 4.79 Å². The normalized spacial score (nSPS) is 19.7. The molecule has 1 aromatic carbocycles. The molecular formula is C15H12FN3O. The van der Waals surface area contributed by atoms with Crippen LogP contribution in [0.15, 0.2) is 30.7 Å². The predicted octanol–water partition coefficient (Wildman–Crippen LogP) is 2.71. The molecule has 100 valence electrons. The van der Waals surface area contributed by atoms with Gasteiger partial charge in [-0.25, -0.2) is 9.37 Å². The molecule has 1 atom stereocenters. The fourth-order valence-corrected chi connectivity index (χ4v) is 2.85. The molecule has 1 aromatic heterocycles. The van der Waals surface area contributed by atoms with Gasteiger partial charge in [0.15, 0.2) is 5.78 Å². The molecule has 0 saturated carbocycles. The Bertz CT molecular complexity index is 755. The van der Waals surface area contributed by atoms with Crippen molar-refractivity contribution in [2.45, 2.75) is 19.9 Å². The lowest BCUT2D eigenvalue weighted by Crippen LogP contribution is -2.27. The topological polar surface area (TPSA) is 58.7 Å². The van der Waals surface area contributed by atoms with Crippen LogP contribution in [0.25, 0.3) is 0 Å². The summed E-state index contributed by atoms with van der Waals surface area (Å²) < 4.78 is 16.0. The average molecular weight is 269 g/mol.